The second-order valence-corrected chi connectivity index (χ2v) is 13.4. The molecule has 0 atom stereocenters. The van der Waals surface area contributed by atoms with Crippen LogP contribution in [0.1, 0.15) is 25.0 Å². The molecule has 0 unspecified atom stereocenters. The molecular formula is C40H30N4OS. The standard InChI is InChI=1S/C40H30N4OS/c1-40(2)31-21-20-30-29-15-4-7-19-35(29)46-37(30)36(31)44(39-32(40)16-10-22-41-39)26-12-9-14-28(24-26)45-27-13-8-11-25(23-27)38-42-33-17-5-6-18-34(33)43(38)3/h4-24H,1-3H3. The van der Waals surface area contributed by atoms with Crippen LogP contribution in [0.4, 0.5) is 17.2 Å². The number of benzene rings is 5. The Kier molecular flexibility index (Phi) is 5.86. The molecule has 0 radical (unpaired) electrons. The summed E-state index contributed by atoms with van der Waals surface area (Å²) >= 11 is 1.85. The maximum atomic E-state index is 6.56. The number of para-hydroxylation sites is 2. The van der Waals surface area contributed by atoms with Gasteiger partial charge >= 0.3 is 0 Å². The highest BCUT2D eigenvalue weighted by Gasteiger charge is 2.39. The lowest BCUT2D eigenvalue weighted by Gasteiger charge is -2.41. The summed E-state index contributed by atoms with van der Waals surface area (Å²) in [5.41, 5.74) is 7.54. The molecule has 5 aromatic carbocycles. The normalized spacial score (nSPS) is 13.7. The number of nitrogens with zero attached hydrogens (tertiary/aromatic N) is 4. The van der Waals surface area contributed by atoms with Crippen molar-refractivity contribution in [2.45, 2.75) is 19.3 Å². The Morgan fingerprint density at radius 2 is 1.52 bits per heavy atom. The minimum absolute atomic E-state index is 0.218. The van der Waals surface area contributed by atoms with Crippen molar-refractivity contribution in [2.24, 2.45) is 7.05 Å². The second kappa shape index (κ2) is 10.0. The molecule has 0 spiro atoms. The van der Waals surface area contributed by atoms with Gasteiger partial charge in [-0.15, -0.1) is 11.3 Å². The van der Waals surface area contributed by atoms with Gasteiger partial charge in [-0.1, -0.05) is 80.6 Å². The van der Waals surface area contributed by atoms with Gasteiger partial charge in [0, 0.05) is 51.3 Å². The van der Waals surface area contributed by atoms with Crippen LogP contribution in [0.5, 0.6) is 11.5 Å². The fraction of sp³-hybridized carbons (Fsp3) is 0.100. The van der Waals surface area contributed by atoms with Crippen LogP contribution in [0.25, 0.3) is 42.6 Å². The van der Waals surface area contributed by atoms with E-state index in [4.69, 9.17) is 14.7 Å². The Morgan fingerprint density at radius 1 is 0.717 bits per heavy atom. The first-order valence-electron chi connectivity index (χ1n) is 15.5. The predicted octanol–water partition coefficient (Wildman–Crippen LogP) is 10.9. The number of rotatable bonds is 4. The van der Waals surface area contributed by atoms with Crippen molar-refractivity contribution in [1.29, 1.82) is 0 Å². The van der Waals surface area contributed by atoms with Crippen LogP contribution in [0.3, 0.4) is 0 Å². The maximum absolute atomic E-state index is 6.56. The summed E-state index contributed by atoms with van der Waals surface area (Å²) in [6.45, 7) is 4.61. The van der Waals surface area contributed by atoms with Gasteiger partial charge in [0.15, 0.2) is 0 Å². The number of ether oxygens (including phenoxy) is 1. The van der Waals surface area contributed by atoms with Crippen molar-refractivity contribution in [3.05, 3.63) is 139 Å². The van der Waals surface area contributed by atoms with Crippen molar-refractivity contribution in [2.75, 3.05) is 4.90 Å². The predicted molar refractivity (Wildman–Crippen MR) is 190 cm³/mol. The quantitative estimate of drug-likeness (QED) is 0.198. The van der Waals surface area contributed by atoms with Gasteiger partial charge in [0.1, 0.15) is 23.1 Å². The zero-order chi connectivity index (χ0) is 31.0. The molecule has 46 heavy (non-hydrogen) atoms. The minimum atomic E-state index is -0.218. The minimum Gasteiger partial charge on any atom is -0.457 e. The van der Waals surface area contributed by atoms with Crippen molar-refractivity contribution >= 4 is 59.7 Å². The monoisotopic (exact) mass is 614 g/mol. The lowest BCUT2D eigenvalue weighted by Crippen LogP contribution is -2.31. The highest BCUT2D eigenvalue weighted by atomic mass is 32.1. The summed E-state index contributed by atoms with van der Waals surface area (Å²) in [7, 11) is 2.05. The first-order valence-corrected chi connectivity index (χ1v) is 16.3. The molecule has 0 aliphatic carbocycles. The van der Waals surface area contributed by atoms with Crippen molar-refractivity contribution < 1.29 is 4.74 Å². The van der Waals surface area contributed by atoms with E-state index in [1.165, 1.54) is 37.0 Å². The fourth-order valence-corrected chi connectivity index (χ4v) is 8.23. The van der Waals surface area contributed by atoms with Gasteiger partial charge in [-0.2, -0.15) is 0 Å². The molecule has 0 amide bonds. The van der Waals surface area contributed by atoms with Crippen LogP contribution in [0.2, 0.25) is 0 Å². The van der Waals surface area contributed by atoms with Gasteiger partial charge in [0.2, 0.25) is 0 Å². The van der Waals surface area contributed by atoms with E-state index in [1.54, 1.807) is 0 Å². The highest BCUT2D eigenvalue weighted by molar-refractivity contribution is 7.26. The average Bonchev–Trinajstić information content (AvgIpc) is 3.63. The topological polar surface area (TPSA) is 43.2 Å². The van der Waals surface area contributed by atoms with Gasteiger partial charge in [-0.05, 0) is 54.1 Å². The third kappa shape index (κ3) is 4.00. The summed E-state index contributed by atoms with van der Waals surface area (Å²) in [5, 5.41) is 2.55. The molecule has 8 aromatic rings. The third-order valence-corrected chi connectivity index (χ3v) is 10.5. The lowest BCUT2D eigenvalue weighted by molar-refractivity contribution is 0.483. The van der Waals surface area contributed by atoms with E-state index in [2.05, 4.69) is 109 Å². The van der Waals surface area contributed by atoms with E-state index in [9.17, 15) is 0 Å². The number of fused-ring (bicyclic) bond motifs is 7. The van der Waals surface area contributed by atoms with Gasteiger partial charge < -0.3 is 9.30 Å². The van der Waals surface area contributed by atoms with Crippen molar-refractivity contribution in [3.8, 4) is 22.9 Å². The van der Waals surface area contributed by atoms with Crippen molar-refractivity contribution in [3.63, 3.8) is 0 Å². The van der Waals surface area contributed by atoms with E-state index in [0.717, 1.165) is 45.4 Å². The Morgan fingerprint density at radius 3 is 2.41 bits per heavy atom. The number of pyridine rings is 1. The molecule has 5 nitrogen and oxygen atoms in total. The van der Waals surface area contributed by atoms with Gasteiger partial charge in [-0.3, -0.25) is 4.90 Å². The number of aryl methyl sites for hydroxylation is 1. The largest absolute Gasteiger partial charge is 0.457 e. The summed E-state index contributed by atoms with van der Waals surface area (Å²) in [6, 6.07) is 42.2. The van der Waals surface area contributed by atoms with Gasteiger partial charge in [0.25, 0.3) is 0 Å². The number of imidazole rings is 1. The Bertz CT molecular complexity index is 2470. The van der Waals surface area contributed by atoms with Crippen LogP contribution in [0, 0.1) is 0 Å². The molecular weight excluding hydrogens is 585 g/mol. The van der Waals surface area contributed by atoms with E-state index < -0.39 is 0 Å². The molecule has 1 aliphatic rings. The van der Waals surface area contributed by atoms with Crippen LogP contribution in [0.15, 0.2) is 128 Å². The fourth-order valence-electron chi connectivity index (χ4n) is 6.99. The smallest absolute Gasteiger partial charge is 0.141 e. The molecule has 222 valence electrons. The zero-order valence-electron chi connectivity index (χ0n) is 25.7. The second-order valence-electron chi connectivity index (χ2n) is 12.4. The van der Waals surface area contributed by atoms with E-state index in [-0.39, 0.29) is 5.41 Å². The van der Waals surface area contributed by atoms with E-state index in [1.807, 2.05) is 60.0 Å². The van der Waals surface area contributed by atoms with E-state index >= 15 is 0 Å². The molecule has 0 saturated heterocycles. The summed E-state index contributed by atoms with van der Waals surface area (Å²) in [6.07, 6.45) is 1.89. The summed E-state index contributed by atoms with van der Waals surface area (Å²) in [5.74, 6) is 3.37. The summed E-state index contributed by atoms with van der Waals surface area (Å²) < 4.78 is 11.2. The molecule has 0 N–H and O–H groups in total. The third-order valence-electron chi connectivity index (χ3n) is 9.28. The number of hydrogen-bond acceptors (Lipinski definition) is 5. The molecule has 3 aromatic heterocycles. The molecule has 0 bridgehead atoms. The molecule has 4 heterocycles. The SMILES string of the molecule is Cn1c(-c2cccc(Oc3cccc(N4c5ncccc5C(C)(C)c5ccc6c(sc7ccccc76)c54)c3)c2)nc2ccccc21. The lowest BCUT2D eigenvalue weighted by atomic mass is 9.74. The Labute approximate surface area is 271 Å². The summed E-state index contributed by atoms with van der Waals surface area (Å²) in [4.78, 5) is 12.2. The molecule has 9 rings (SSSR count). The van der Waals surface area contributed by atoms with Crippen LogP contribution < -0.4 is 9.64 Å². The highest BCUT2D eigenvalue weighted by Crippen LogP contribution is 2.55. The number of anilines is 3. The van der Waals surface area contributed by atoms with Crippen LogP contribution in [-0.4, -0.2) is 14.5 Å². The van der Waals surface area contributed by atoms with Crippen LogP contribution in [-0.2, 0) is 12.5 Å². The Hall–Kier alpha value is -5.46. The molecule has 6 heteroatoms. The number of thiophene rings is 1. The first-order chi connectivity index (χ1) is 22.5. The van der Waals surface area contributed by atoms with Crippen molar-refractivity contribution in [1.82, 2.24) is 14.5 Å². The Balaban J connectivity index is 1.17. The number of hydrogen-bond donors (Lipinski definition) is 0. The molecule has 0 fully saturated rings. The maximum Gasteiger partial charge on any atom is 0.141 e. The van der Waals surface area contributed by atoms with Gasteiger partial charge in [0.05, 0.1) is 27.1 Å². The molecule has 0 saturated carbocycles. The zero-order valence-corrected chi connectivity index (χ0v) is 26.5. The van der Waals surface area contributed by atoms with Gasteiger partial charge in [-0.25, -0.2) is 9.97 Å². The van der Waals surface area contributed by atoms with E-state index in [0.29, 0.717) is 0 Å². The van der Waals surface area contributed by atoms with Crippen LogP contribution >= 0.6 is 11.3 Å². The first kappa shape index (κ1) is 26.9. The molecule has 1 aliphatic heterocycles. The number of aromatic nitrogens is 3. The average molecular weight is 615 g/mol.